The molecule has 1 aromatic carbocycles. The van der Waals surface area contributed by atoms with Crippen LogP contribution in [0.25, 0.3) is 0 Å². The maximum Gasteiger partial charge on any atom is 0.131 e. The first-order valence-electron chi connectivity index (χ1n) is 4.27. The Balaban J connectivity index is 2.74. The van der Waals surface area contributed by atoms with E-state index in [4.69, 9.17) is 4.74 Å². The number of aliphatic hydroxyl groups excluding tert-OH is 1. The Kier molecular flexibility index (Phi) is 3.98. The summed E-state index contributed by atoms with van der Waals surface area (Å²) in [6, 6.07) is 3.12. The van der Waals surface area contributed by atoms with Gasteiger partial charge < -0.3 is 9.84 Å². The topological polar surface area (TPSA) is 29.5 Å². The van der Waals surface area contributed by atoms with E-state index in [2.05, 4.69) is 0 Å². The van der Waals surface area contributed by atoms with E-state index in [1.807, 2.05) is 0 Å². The molecule has 1 aromatic rings. The van der Waals surface area contributed by atoms with Crippen molar-refractivity contribution in [2.75, 3.05) is 13.7 Å². The fraction of sp³-hybridized carbons (Fsp3) is 0.400. The van der Waals surface area contributed by atoms with Gasteiger partial charge in [-0.15, -0.1) is 0 Å². The SMILES string of the molecule is COCCC(O)c1ccc(F)cc1F. The van der Waals surface area contributed by atoms with E-state index in [-0.39, 0.29) is 5.56 Å². The number of aliphatic hydroxyl groups is 1. The zero-order valence-electron chi connectivity index (χ0n) is 7.84. The van der Waals surface area contributed by atoms with Crippen LogP contribution in [0.3, 0.4) is 0 Å². The molecule has 1 atom stereocenters. The highest BCUT2D eigenvalue weighted by atomic mass is 19.1. The molecule has 0 amide bonds. The predicted octanol–water partition coefficient (Wildman–Crippen LogP) is 2.03. The van der Waals surface area contributed by atoms with Gasteiger partial charge in [-0.05, 0) is 6.07 Å². The molecule has 1 rings (SSSR count). The summed E-state index contributed by atoms with van der Waals surface area (Å²) in [5.41, 5.74) is 0.100. The summed E-state index contributed by atoms with van der Waals surface area (Å²) in [6.07, 6.45) is -0.658. The molecule has 1 unspecified atom stereocenters. The molecule has 78 valence electrons. The first-order valence-corrected chi connectivity index (χ1v) is 4.27. The molecular formula is C10H12F2O2. The van der Waals surface area contributed by atoms with Crippen LogP contribution in [0.4, 0.5) is 8.78 Å². The van der Waals surface area contributed by atoms with Gasteiger partial charge in [0.15, 0.2) is 0 Å². The monoisotopic (exact) mass is 202 g/mol. The Morgan fingerprint density at radius 3 is 2.71 bits per heavy atom. The summed E-state index contributed by atoms with van der Waals surface area (Å²) in [7, 11) is 1.49. The molecule has 0 aromatic heterocycles. The van der Waals surface area contributed by atoms with Crippen LogP contribution in [0.15, 0.2) is 18.2 Å². The minimum absolute atomic E-state index is 0.100. The van der Waals surface area contributed by atoms with Crippen molar-refractivity contribution in [1.82, 2.24) is 0 Å². The Labute approximate surface area is 81.1 Å². The minimum Gasteiger partial charge on any atom is -0.388 e. The Morgan fingerprint density at radius 2 is 2.14 bits per heavy atom. The minimum atomic E-state index is -0.949. The van der Waals surface area contributed by atoms with Gasteiger partial charge in [0.2, 0.25) is 0 Å². The van der Waals surface area contributed by atoms with Crippen LogP contribution >= 0.6 is 0 Å². The van der Waals surface area contributed by atoms with Gasteiger partial charge in [-0.3, -0.25) is 0 Å². The van der Waals surface area contributed by atoms with E-state index in [0.29, 0.717) is 13.0 Å². The quantitative estimate of drug-likeness (QED) is 0.809. The fourth-order valence-corrected chi connectivity index (χ4v) is 1.16. The Hall–Kier alpha value is -1.00. The third-order valence-electron chi connectivity index (χ3n) is 1.92. The fourth-order valence-electron chi connectivity index (χ4n) is 1.16. The lowest BCUT2D eigenvalue weighted by Crippen LogP contribution is -2.04. The van der Waals surface area contributed by atoms with Gasteiger partial charge >= 0.3 is 0 Å². The molecule has 0 saturated carbocycles. The largest absolute Gasteiger partial charge is 0.388 e. The number of ether oxygens (including phenoxy) is 1. The number of methoxy groups -OCH3 is 1. The first kappa shape index (κ1) is 11.1. The molecule has 0 heterocycles. The highest BCUT2D eigenvalue weighted by Gasteiger charge is 2.12. The van der Waals surface area contributed by atoms with Crippen molar-refractivity contribution in [1.29, 1.82) is 0 Å². The van der Waals surface area contributed by atoms with E-state index in [1.165, 1.54) is 13.2 Å². The average Bonchev–Trinajstić information content (AvgIpc) is 2.14. The lowest BCUT2D eigenvalue weighted by Gasteiger charge is -2.10. The standard InChI is InChI=1S/C10H12F2O2/c1-14-5-4-10(13)8-3-2-7(11)6-9(8)12/h2-3,6,10,13H,4-5H2,1H3. The van der Waals surface area contributed by atoms with Crippen molar-refractivity contribution in [2.24, 2.45) is 0 Å². The number of rotatable bonds is 4. The van der Waals surface area contributed by atoms with Gasteiger partial charge in [-0.2, -0.15) is 0 Å². The van der Waals surface area contributed by atoms with Crippen LogP contribution in [-0.2, 0) is 4.74 Å². The number of halogens is 2. The summed E-state index contributed by atoms with van der Waals surface area (Å²) in [5, 5.41) is 9.48. The van der Waals surface area contributed by atoms with Crippen molar-refractivity contribution >= 4 is 0 Å². The molecule has 0 radical (unpaired) electrons. The Morgan fingerprint density at radius 1 is 1.43 bits per heavy atom. The van der Waals surface area contributed by atoms with Crippen molar-refractivity contribution in [2.45, 2.75) is 12.5 Å². The lowest BCUT2D eigenvalue weighted by atomic mass is 10.1. The highest BCUT2D eigenvalue weighted by Crippen LogP contribution is 2.20. The third-order valence-corrected chi connectivity index (χ3v) is 1.92. The van der Waals surface area contributed by atoms with Crippen LogP contribution < -0.4 is 0 Å². The molecule has 0 aliphatic heterocycles. The molecule has 0 bridgehead atoms. The molecular weight excluding hydrogens is 190 g/mol. The van der Waals surface area contributed by atoms with Crippen molar-refractivity contribution in [3.63, 3.8) is 0 Å². The smallest absolute Gasteiger partial charge is 0.131 e. The van der Waals surface area contributed by atoms with E-state index in [1.54, 1.807) is 0 Å². The zero-order chi connectivity index (χ0) is 10.6. The summed E-state index contributed by atoms with van der Waals surface area (Å²) >= 11 is 0. The normalized spacial score (nSPS) is 12.9. The van der Waals surface area contributed by atoms with Gasteiger partial charge in [0.1, 0.15) is 11.6 Å². The molecule has 4 heteroatoms. The second-order valence-corrected chi connectivity index (χ2v) is 2.96. The molecule has 0 aliphatic rings. The number of hydrogen-bond acceptors (Lipinski definition) is 2. The van der Waals surface area contributed by atoms with Gasteiger partial charge in [0, 0.05) is 31.8 Å². The van der Waals surface area contributed by atoms with E-state index in [0.717, 1.165) is 12.1 Å². The van der Waals surface area contributed by atoms with Crippen LogP contribution in [-0.4, -0.2) is 18.8 Å². The molecule has 1 N–H and O–H groups in total. The van der Waals surface area contributed by atoms with Gasteiger partial charge in [-0.1, -0.05) is 6.07 Å². The molecule has 0 aliphatic carbocycles. The number of hydrogen-bond donors (Lipinski definition) is 1. The van der Waals surface area contributed by atoms with E-state index >= 15 is 0 Å². The summed E-state index contributed by atoms with van der Waals surface area (Å²) < 4.78 is 30.3. The second kappa shape index (κ2) is 5.02. The van der Waals surface area contributed by atoms with Gasteiger partial charge in [0.25, 0.3) is 0 Å². The van der Waals surface area contributed by atoms with Gasteiger partial charge in [-0.25, -0.2) is 8.78 Å². The molecule has 14 heavy (non-hydrogen) atoms. The van der Waals surface area contributed by atoms with Crippen molar-refractivity contribution < 1.29 is 18.6 Å². The van der Waals surface area contributed by atoms with Crippen LogP contribution in [0, 0.1) is 11.6 Å². The molecule has 2 nitrogen and oxygen atoms in total. The van der Waals surface area contributed by atoms with Crippen LogP contribution in [0.1, 0.15) is 18.1 Å². The molecule has 0 fully saturated rings. The maximum atomic E-state index is 13.1. The van der Waals surface area contributed by atoms with Crippen LogP contribution in [0.2, 0.25) is 0 Å². The third kappa shape index (κ3) is 2.75. The maximum absolute atomic E-state index is 13.1. The van der Waals surface area contributed by atoms with Crippen molar-refractivity contribution in [3.05, 3.63) is 35.4 Å². The summed E-state index contributed by atoms with van der Waals surface area (Å²) in [4.78, 5) is 0. The summed E-state index contributed by atoms with van der Waals surface area (Å²) in [5.74, 6) is -1.38. The predicted molar refractivity (Wildman–Crippen MR) is 47.8 cm³/mol. The van der Waals surface area contributed by atoms with Crippen LogP contribution in [0.5, 0.6) is 0 Å². The average molecular weight is 202 g/mol. The van der Waals surface area contributed by atoms with E-state index < -0.39 is 17.7 Å². The van der Waals surface area contributed by atoms with Crippen molar-refractivity contribution in [3.8, 4) is 0 Å². The molecule has 0 spiro atoms. The van der Waals surface area contributed by atoms with Gasteiger partial charge in [0.05, 0.1) is 6.10 Å². The second-order valence-electron chi connectivity index (χ2n) is 2.96. The highest BCUT2D eigenvalue weighted by molar-refractivity contribution is 5.20. The van der Waals surface area contributed by atoms with E-state index in [9.17, 15) is 13.9 Å². The lowest BCUT2D eigenvalue weighted by molar-refractivity contribution is 0.108. The number of benzene rings is 1. The first-order chi connectivity index (χ1) is 6.65. The molecule has 0 saturated heterocycles. The summed E-state index contributed by atoms with van der Waals surface area (Å²) in [6.45, 7) is 0.331. The Bertz CT molecular complexity index is 302. The zero-order valence-corrected chi connectivity index (χ0v) is 7.84.